The van der Waals surface area contributed by atoms with Gasteiger partial charge in [0.2, 0.25) is 0 Å². The summed E-state index contributed by atoms with van der Waals surface area (Å²) in [6.45, 7) is -0.777. The number of carbonyl (C=O) groups excluding carboxylic acids is 2. The predicted octanol–water partition coefficient (Wildman–Crippen LogP) is 2.13. The number of rotatable bonds is 6. The van der Waals surface area contributed by atoms with Gasteiger partial charge in [0.25, 0.3) is 5.91 Å². The Morgan fingerprint density at radius 3 is 1.90 bits per heavy atom. The first kappa shape index (κ1) is 14.7. The van der Waals surface area contributed by atoms with Crippen LogP contribution in [0.3, 0.4) is 0 Å². The van der Waals surface area contributed by atoms with Crippen LogP contribution in [0, 0.1) is 0 Å². The lowest BCUT2D eigenvalue weighted by Gasteiger charge is -2.06. The van der Waals surface area contributed by atoms with E-state index in [-0.39, 0.29) is 0 Å². The van der Waals surface area contributed by atoms with Crippen LogP contribution in [-0.2, 0) is 21.1 Å². The molecule has 0 bridgehead atoms. The fraction of sp³-hybridized carbons (Fsp3) is 0.125. The molecule has 0 heterocycles. The van der Waals surface area contributed by atoms with Gasteiger partial charge in [0, 0.05) is 11.4 Å². The number of carbonyl (C=O) groups is 1. The molecule has 2 aromatic carbocycles. The van der Waals surface area contributed by atoms with Crippen molar-refractivity contribution in [1.29, 1.82) is 0 Å². The third-order valence-electron chi connectivity index (χ3n) is 2.93. The molecule has 5 heteroatoms. The van der Waals surface area contributed by atoms with Gasteiger partial charge in [-0.2, -0.15) is 0 Å². The molecule has 0 spiro atoms. The largest absolute Gasteiger partial charge is 0.324 e. The van der Waals surface area contributed by atoms with Crippen molar-refractivity contribution in [3.05, 3.63) is 59.7 Å². The van der Waals surface area contributed by atoms with E-state index in [1.165, 1.54) is 0 Å². The molecule has 2 amide bonds. The zero-order chi connectivity index (χ0) is 15.1. The highest BCUT2D eigenvalue weighted by Gasteiger charge is 2.01. The van der Waals surface area contributed by atoms with Crippen molar-refractivity contribution in [3.8, 4) is 0 Å². The standard InChI is InChI=1S/C16H14N2O3/c19-10-16(21)18-15-7-3-13(4-8-15)9-12-1-5-14(6-2-12)17-11-20/h1-8H,9-10H2,(H,17,20)(H,18,21). The summed E-state index contributed by atoms with van der Waals surface area (Å²) in [5.41, 5.74) is 3.49. The number of hydrogen-bond donors (Lipinski definition) is 2. The van der Waals surface area contributed by atoms with Crippen LogP contribution < -0.4 is 10.6 Å². The van der Waals surface area contributed by atoms with Crippen molar-refractivity contribution in [2.24, 2.45) is 0 Å². The lowest BCUT2D eigenvalue weighted by molar-refractivity contribution is -0.120. The molecular formula is C16H14N2O3. The normalized spacial score (nSPS) is 9.95. The first-order valence-electron chi connectivity index (χ1n) is 6.40. The molecule has 106 valence electrons. The first-order chi connectivity index (χ1) is 10.2. The average Bonchev–Trinajstić information content (AvgIpc) is 2.51. The monoisotopic (exact) mass is 282 g/mol. The molecule has 0 aromatic heterocycles. The van der Waals surface area contributed by atoms with E-state index < -0.39 is 12.5 Å². The molecule has 5 nitrogen and oxygen atoms in total. The van der Waals surface area contributed by atoms with Crippen LogP contribution in [0.1, 0.15) is 11.1 Å². The molecule has 2 radical (unpaired) electrons. The maximum absolute atomic E-state index is 11.0. The Morgan fingerprint density at radius 1 is 0.905 bits per heavy atom. The number of anilines is 2. The van der Waals surface area contributed by atoms with Crippen molar-refractivity contribution in [2.45, 2.75) is 6.42 Å². The quantitative estimate of drug-likeness (QED) is 0.796. The van der Waals surface area contributed by atoms with E-state index in [2.05, 4.69) is 10.6 Å². The molecule has 0 unspecified atom stereocenters. The highest BCUT2D eigenvalue weighted by molar-refractivity contribution is 5.91. The Morgan fingerprint density at radius 2 is 1.43 bits per heavy atom. The van der Waals surface area contributed by atoms with Crippen LogP contribution in [0.4, 0.5) is 11.4 Å². The minimum Gasteiger partial charge on any atom is -0.324 e. The smallest absolute Gasteiger partial charge is 0.314 e. The zero-order valence-electron chi connectivity index (χ0n) is 11.3. The van der Waals surface area contributed by atoms with E-state index >= 15 is 0 Å². The Kier molecular flexibility index (Phi) is 5.06. The summed E-state index contributed by atoms with van der Waals surface area (Å²) < 4.78 is 0. The molecule has 0 atom stereocenters. The summed E-state index contributed by atoms with van der Waals surface area (Å²) in [6.07, 6.45) is 2.36. The minimum atomic E-state index is -0.777. The van der Waals surface area contributed by atoms with Gasteiger partial charge in [0.05, 0.1) is 0 Å². The SMILES string of the molecule is [O]CC(=O)Nc1ccc(Cc2ccc(N[C]=O)cc2)cc1. The van der Waals surface area contributed by atoms with Crippen LogP contribution in [-0.4, -0.2) is 18.9 Å². The number of amides is 2. The van der Waals surface area contributed by atoms with E-state index in [4.69, 9.17) is 0 Å². The summed E-state index contributed by atoms with van der Waals surface area (Å²) in [4.78, 5) is 21.2. The van der Waals surface area contributed by atoms with Gasteiger partial charge in [-0.3, -0.25) is 9.59 Å². The molecule has 2 aromatic rings. The first-order valence-corrected chi connectivity index (χ1v) is 6.40. The van der Waals surface area contributed by atoms with Crippen LogP contribution in [0.2, 0.25) is 0 Å². The lowest BCUT2D eigenvalue weighted by Crippen LogP contribution is -2.14. The molecule has 0 aliphatic carbocycles. The maximum Gasteiger partial charge on any atom is 0.314 e. The van der Waals surface area contributed by atoms with E-state index in [1.54, 1.807) is 18.5 Å². The second-order valence-corrected chi connectivity index (χ2v) is 4.49. The van der Waals surface area contributed by atoms with Crippen molar-refractivity contribution < 1.29 is 14.7 Å². The van der Waals surface area contributed by atoms with Crippen molar-refractivity contribution in [2.75, 3.05) is 17.2 Å². The predicted molar refractivity (Wildman–Crippen MR) is 79.2 cm³/mol. The number of hydrogen-bond acceptors (Lipinski definition) is 2. The van der Waals surface area contributed by atoms with E-state index in [1.807, 2.05) is 36.4 Å². The molecule has 0 fully saturated rings. The van der Waals surface area contributed by atoms with Gasteiger partial charge in [-0.15, -0.1) is 0 Å². The summed E-state index contributed by atoms with van der Waals surface area (Å²) >= 11 is 0. The number of benzene rings is 2. The topological polar surface area (TPSA) is 78.1 Å². The Labute approximate surface area is 122 Å². The summed E-state index contributed by atoms with van der Waals surface area (Å²) in [7, 11) is 0. The van der Waals surface area contributed by atoms with E-state index in [0.29, 0.717) is 11.4 Å². The van der Waals surface area contributed by atoms with Crippen LogP contribution in [0.15, 0.2) is 48.5 Å². The van der Waals surface area contributed by atoms with Crippen LogP contribution >= 0.6 is 0 Å². The van der Waals surface area contributed by atoms with Gasteiger partial charge in [-0.1, -0.05) is 24.3 Å². The molecule has 0 aliphatic heterocycles. The third kappa shape index (κ3) is 4.43. The van der Waals surface area contributed by atoms with Crippen molar-refractivity contribution in [3.63, 3.8) is 0 Å². The average molecular weight is 282 g/mol. The number of nitrogens with one attached hydrogen (secondary N) is 2. The van der Waals surface area contributed by atoms with Gasteiger partial charge in [-0.05, 0) is 41.8 Å². The maximum atomic E-state index is 11.0. The van der Waals surface area contributed by atoms with Gasteiger partial charge in [0.15, 0.2) is 6.61 Å². The van der Waals surface area contributed by atoms with Crippen LogP contribution in [0.5, 0.6) is 0 Å². The Balaban J connectivity index is 1.99. The van der Waals surface area contributed by atoms with E-state index in [9.17, 15) is 14.7 Å². The summed E-state index contributed by atoms with van der Waals surface area (Å²) in [6, 6.07) is 14.8. The fourth-order valence-electron chi connectivity index (χ4n) is 1.90. The highest BCUT2D eigenvalue weighted by Crippen LogP contribution is 2.15. The molecule has 0 saturated carbocycles. The summed E-state index contributed by atoms with van der Waals surface area (Å²) in [5.74, 6) is -0.544. The Bertz CT molecular complexity index is 606. The van der Waals surface area contributed by atoms with Gasteiger partial charge < -0.3 is 10.6 Å². The minimum absolute atomic E-state index is 0.544. The van der Waals surface area contributed by atoms with Gasteiger partial charge in [0.1, 0.15) is 0 Å². The molecule has 21 heavy (non-hydrogen) atoms. The second kappa shape index (κ2) is 7.21. The molecule has 0 saturated heterocycles. The van der Waals surface area contributed by atoms with Crippen LogP contribution in [0.25, 0.3) is 0 Å². The second-order valence-electron chi connectivity index (χ2n) is 4.49. The van der Waals surface area contributed by atoms with E-state index in [0.717, 1.165) is 17.5 Å². The van der Waals surface area contributed by atoms with Gasteiger partial charge >= 0.3 is 6.41 Å². The molecule has 0 aliphatic rings. The summed E-state index contributed by atoms with van der Waals surface area (Å²) in [5, 5.41) is 15.3. The zero-order valence-corrected chi connectivity index (χ0v) is 11.3. The molecule has 2 N–H and O–H groups in total. The Hall–Kier alpha value is -2.66. The van der Waals surface area contributed by atoms with Crippen molar-refractivity contribution in [1.82, 2.24) is 0 Å². The third-order valence-corrected chi connectivity index (χ3v) is 2.93. The lowest BCUT2D eigenvalue weighted by atomic mass is 10.0. The highest BCUT2D eigenvalue weighted by atomic mass is 16.3. The van der Waals surface area contributed by atoms with Crippen molar-refractivity contribution >= 4 is 23.7 Å². The molecular weight excluding hydrogens is 268 g/mol. The van der Waals surface area contributed by atoms with Gasteiger partial charge in [-0.25, -0.2) is 5.11 Å². The molecule has 2 rings (SSSR count). The fourth-order valence-corrected chi connectivity index (χ4v) is 1.90.